The van der Waals surface area contributed by atoms with Crippen LogP contribution >= 0.6 is 45.3 Å². The Morgan fingerprint density at radius 2 is 0.891 bits per heavy atom. The summed E-state index contributed by atoms with van der Waals surface area (Å²) in [5.41, 5.74) is 4.66. The Labute approximate surface area is 379 Å². The summed E-state index contributed by atoms with van der Waals surface area (Å²) in [5, 5.41) is 1.04. The third-order valence-electron chi connectivity index (χ3n) is 13.3. The van der Waals surface area contributed by atoms with Gasteiger partial charge in [0.25, 0.3) is 0 Å². The zero-order valence-corrected chi connectivity index (χ0v) is 37.3. The van der Waals surface area contributed by atoms with Crippen LogP contribution in [0, 0.1) is 23.7 Å². The van der Waals surface area contributed by atoms with Crippen LogP contribution in [0.15, 0.2) is 82.8 Å². The Bertz CT molecular complexity index is 3170. The van der Waals surface area contributed by atoms with E-state index in [4.69, 9.17) is 19.5 Å². The predicted octanol–water partition coefficient (Wildman–Crippen LogP) is 11.7. The Kier molecular flexibility index (Phi) is 9.51. The lowest BCUT2D eigenvalue weighted by molar-refractivity contribution is -0.134. The second-order valence-electron chi connectivity index (χ2n) is 16.9. The van der Waals surface area contributed by atoms with Crippen LogP contribution < -0.4 is 0 Å². The lowest BCUT2D eigenvalue weighted by atomic mass is 9.81. The van der Waals surface area contributed by atoms with E-state index in [1.54, 1.807) is 21.3 Å². The molecule has 0 spiro atoms. The molecule has 4 unspecified atom stereocenters. The number of nitrogens with zero attached hydrogens (tertiary/aromatic N) is 4. The number of carbonyl (C=O) groups is 6. The monoisotopic (exact) mass is 924 g/mol. The van der Waals surface area contributed by atoms with E-state index in [1.165, 1.54) is 45.3 Å². The van der Waals surface area contributed by atoms with Gasteiger partial charge in [0.2, 0.25) is 23.1 Å². The summed E-state index contributed by atoms with van der Waals surface area (Å²) in [7, 11) is 0. The Balaban J connectivity index is 1.03. The molecule has 0 N–H and O–H groups in total. The molecule has 4 saturated carbocycles. The molecule has 0 bridgehead atoms. The van der Waals surface area contributed by atoms with Crippen LogP contribution in [0.25, 0.3) is 50.3 Å². The van der Waals surface area contributed by atoms with Crippen molar-refractivity contribution in [2.24, 2.45) is 33.7 Å². The van der Waals surface area contributed by atoms with Crippen LogP contribution in [-0.4, -0.2) is 55.9 Å². The summed E-state index contributed by atoms with van der Waals surface area (Å²) in [6.45, 7) is 0.0726. The van der Waals surface area contributed by atoms with Crippen molar-refractivity contribution in [2.45, 2.75) is 64.6 Å². The van der Waals surface area contributed by atoms with Crippen molar-refractivity contribution < 1.29 is 38.2 Å². The molecule has 4 aliphatic rings. The maximum absolute atomic E-state index is 14.4. The van der Waals surface area contributed by atoms with Gasteiger partial charge in [-0.1, -0.05) is 86.3 Å². The molecule has 6 aromatic heterocycles. The lowest BCUT2D eigenvalue weighted by Gasteiger charge is -2.22. The number of fused-ring (bicyclic) bond motifs is 11. The van der Waals surface area contributed by atoms with Crippen molar-refractivity contribution in [3.8, 4) is 0 Å². The third kappa shape index (κ3) is 6.16. The number of benzene rings is 2. The van der Waals surface area contributed by atoms with E-state index in [0.717, 1.165) is 77.9 Å². The molecular weight excluding hydrogens is 889 g/mol. The van der Waals surface area contributed by atoms with Gasteiger partial charge in [-0.25, -0.2) is 28.7 Å². The fourth-order valence-electron chi connectivity index (χ4n) is 10.3. The fourth-order valence-corrected chi connectivity index (χ4v) is 15.4. The maximum Gasteiger partial charge on any atom is 0.419 e. The highest BCUT2D eigenvalue weighted by molar-refractivity contribution is 7.40. The smallest absolute Gasteiger partial charge is 0.419 e. The van der Waals surface area contributed by atoms with Crippen LogP contribution in [-0.2, 0) is 41.9 Å². The van der Waals surface area contributed by atoms with Crippen molar-refractivity contribution in [3.63, 3.8) is 0 Å². The summed E-state index contributed by atoms with van der Waals surface area (Å²) in [6, 6.07) is 22.4. The van der Waals surface area contributed by atoms with E-state index in [1.807, 2.05) is 60.7 Å². The Morgan fingerprint density at radius 3 is 1.30 bits per heavy atom. The molecule has 8 aromatic rings. The van der Waals surface area contributed by atoms with Crippen LogP contribution in [0.1, 0.15) is 62.5 Å². The molecule has 0 aliphatic heterocycles. The summed E-state index contributed by atoms with van der Waals surface area (Å²) >= 11 is 5.61. The second-order valence-corrected chi connectivity index (χ2v) is 21.0. The first kappa shape index (κ1) is 39.6. The first-order valence-corrected chi connectivity index (χ1v) is 24.7. The van der Waals surface area contributed by atoms with Crippen molar-refractivity contribution >= 4 is 152 Å². The number of aromatic nitrogens is 2. The van der Waals surface area contributed by atoms with E-state index in [0.29, 0.717) is 56.3 Å². The average Bonchev–Trinajstić information content (AvgIpc) is 4.20. The topological polar surface area (TPSA) is 155 Å². The molecule has 4 aliphatic carbocycles. The molecule has 16 heteroatoms. The van der Waals surface area contributed by atoms with Gasteiger partial charge < -0.3 is 9.47 Å². The van der Waals surface area contributed by atoms with Crippen LogP contribution in [0.3, 0.4) is 0 Å². The number of Topliss-reactive ketones (excluding diaryl/α,β-unsaturated/α-hetero) is 4. The van der Waals surface area contributed by atoms with Crippen molar-refractivity contribution in [1.82, 2.24) is 9.13 Å². The lowest BCUT2D eigenvalue weighted by Crippen LogP contribution is -2.21. The summed E-state index contributed by atoms with van der Waals surface area (Å²) in [5.74, 6) is -2.77. The molecule has 6 heterocycles. The van der Waals surface area contributed by atoms with Gasteiger partial charge in [-0.3, -0.25) is 19.2 Å². The first-order valence-electron chi connectivity index (χ1n) is 21.5. The summed E-state index contributed by atoms with van der Waals surface area (Å²) < 4.78 is 19.8. The number of rotatable bonds is 6. The molecule has 4 atom stereocenters. The first-order chi connectivity index (χ1) is 31.2. The third-order valence-corrected chi connectivity index (χ3v) is 18.1. The van der Waals surface area contributed by atoms with Crippen molar-refractivity contribution in [3.05, 3.63) is 83.9 Å². The van der Waals surface area contributed by atoms with E-state index in [9.17, 15) is 28.8 Å². The highest BCUT2D eigenvalue weighted by Crippen LogP contribution is 2.54. The van der Waals surface area contributed by atoms with Gasteiger partial charge in [-0.15, -0.1) is 45.3 Å². The van der Waals surface area contributed by atoms with Gasteiger partial charge in [0, 0.05) is 23.7 Å². The minimum absolute atomic E-state index is 0.0363. The number of thiophene rings is 4. The van der Waals surface area contributed by atoms with E-state index in [-0.39, 0.29) is 48.5 Å². The highest BCUT2D eigenvalue weighted by Gasteiger charge is 2.49. The SMILES string of the molecule is O=C1C(=O)C2CCCCC2C1=Nc1cc2c(s1)c1sc3c(sc4c5sc(N=C6C(=O)C(=O)C7CCCCC67)cc5n(C(=O)OCc5ccccc5)c43)c1n2C(=O)OCc1ccccc1. The predicted molar refractivity (Wildman–Crippen MR) is 251 cm³/mol. The number of hydrogen-bond donors (Lipinski definition) is 0. The number of aliphatic imine (C=N–C) groups is 2. The number of hydrogen-bond acceptors (Lipinski definition) is 14. The molecule has 12 rings (SSSR count). The normalized spacial score (nSPS) is 22.6. The van der Waals surface area contributed by atoms with Crippen LogP contribution in [0.5, 0.6) is 0 Å². The second kappa shape index (κ2) is 15.4. The van der Waals surface area contributed by atoms with Crippen LogP contribution in [0.2, 0.25) is 0 Å². The number of carbonyl (C=O) groups excluding carboxylic acids is 6. The van der Waals surface area contributed by atoms with Gasteiger partial charge in [-0.05, 0) is 48.9 Å². The zero-order chi connectivity index (χ0) is 43.4. The van der Waals surface area contributed by atoms with Crippen LogP contribution in [0.4, 0.5) is 19.6 Å². The molecule has 0 amide bonds. The molecule has 64 heavy (non-hydrogen) atoms. The minimum atomic E-state index is -0.598. The Morgan fingerprint density at radius 1 is 0.516 bits per heavy atom. The molecule has 4 fully saturated rings. The van der Waals surface area contributed by atoms with Gasteiger partial charge >= 0.3 is 12.2 Å². The molecule has 320 valence electrons. The molecule has 0 saturated heterocycles. The number of ether oxygens (including phenoxy) is 2. The minimum Gasteiger partial charge on any atom is -0.444 e. The molecule has 2 aromatic carbocycles. The standard InChI is InChI=1S/C48H36N4O8S4/c53-37-27-17-9-7-15-25(27)33(39(37)55)49-31-19-29-41(61-31)43-35(51(29)47(57)59-21-23-11-3-1-4-12-23)45-46(63-43)36-44(64-45)42-30(52(36)48(58)60-22-24-13-5-2-6-14-24)20-32(62-42)50-34-26-16-8-10-18-28(26)38(54)40(34)56/h1-6,11-14,19-20,25-28H,7-10,15-18,21-22H2. The highest BCUT2D eigenvalue weighted by atomic mass is 32.1. The van der Waals surface area contributed by atoms with Gasteiger partial charge in [0.05, 0.1) is 61.7 Å². The summed E-state index contributed by atoms with van der Waals surface area (Å²) in [6.07, 6.45) is 5.36. The summed E-state index contributed by atoms with van der Waals surface area (Å²) in [4.78, 5) is 91.1. The number of ketones is 4. The van der Waals surface area contributed by atoms with Gasteiger partial charge in [-0.2, -0.15) is 0 Å². The van der Waals surface area contributed by atoms with E-state index in [2.05, 4.69) is 0 Å². The largest absolute Gasteiger partial charge is 0.444 e. The Hall–Kier alpha value is -5.94. The van der Waals surface area contributed by atoms with E-state index >= 15 is 0 Å². The van der Waals surface area contributed by atoms with Crippen molar-refractivity contribution in [1.29, 1.82) is 0 Å². The molecular formula is C48H36N4O8S4. The fraction of sp³-hybridized carbons (Fsp3) is 0.292. The maximum atomic E-state index is 14.4. The zero-order valence-electron chi connectivity index (χ0n) is 34.0. The molecule has 0 radical (unpaired) electrons. The average molecular weight is 925 g/mol. The van der Waals surface area contributed by atoms with Gasteiger partial charge in [0.1, 0.15) is 23.2 Å². The quantitative estimate of drug-likeness (QED) is 0.149. The molecule has 12 nitrogen and oxygen atoms in total. The van der Waals surface area contributed by atoms with Crippen molar-refractivity contribution in [2.75, 3.05) is 0 Å². The van der Waals surface area contributed by atoms with Gasteiger partial charge in [0.15, 0.2) is 0 Å². The van der Waals surface area contributed by atoms with E-state index < -0.39 is 23.8 Å².